The van der Waals surface area contributed by atoms with Gasteiger partial charge in [-0.2, -0.15) is 0 Å². The molecule has 1 heterocycles. The highest BCUT2D eigenvalue weighted by Crippen LogP contribution is 2.01. The molecule has 17 heavy (non-hydrogen) atoms. The summed E-state index contributed by atoms with van der Waals surface area (Å²) in [6.45, 7) is 1.65. The van der Waals surface area contributed by atoms with E-state index < -0.39 is 11.9 Å². The first-order chi connectivity index (χ1) is 7.99. The monoisotopic (exact) mass is 237 g/mol. The van der Waals surface area contributed by atoms with Crippen LogP contribution >= 0.6 is 0 Å². The van der Waals surface area contributed by atoms with Gasteiger partial charge in [0.2, 0.25) is 5.91 Å². The number of amides is 1. The minimum atomic E-state index is -0.934. The van der Waals surface area contributed by atoms with E-state index in [2.05, 4.69) is 10.3 Å². The highest BCUT2D eigenvalue weighted by molar-refractivity contribution is 5.79. The molecule has 0 fully saturated rings. The summed E-state index contributed by atoms with van der Waals surface area (Å²) in [4.78, 5) is 26.0. The molecule has 6 heteroatoms. The van der Waals surface area contributed by atoms with Gasteiger partial charge < -0.3 is 16.2 Å². The van der Waals surface area contributed by atoms with E-state index in [0.717, 1.165) is 0 Å². The van der Waals surface area contributed by atoms with Crippen LogP contribution in [0.25, 0.3) is 0 Å². The smallest absolute Gasteiger partial charge is 0.308 e. The molecular formula is C11H15N3O3. The molecule has 1 atom stereocenters. The molecule has 0 saturated heterocycles. The summed E-state index contributed by atoms with van der Waals surface area (Å²) in [5, 5.41) is 11.2. The Labute approximate surface area is 98.8 Å². The van der Waals surface area contributed by atoms with Crippen molar-refractivity contribution >= 4 is 17.6 Å². The third kappa shape index (κ3) is 4.50. The van der Waals surface area contributed by atoms with Gasteiger partial charge in [0.1, 0.15) is 0 Å². The predicted octanol–water partition coefficient (Wildman–Crippen LogP) is 0.0432. The number of nitrogens with two attached hydrogens (primary N) is 1. The number of nitrogens with one attached hydrogen (secondary N) is 1. The molecule has 1 unspecified atom stereocenters. The van der Waals surface area contributed by atoms with E-state index in [1.165, 1.54) is 13.1 Å². The maximum atomic E-state index is 11.4. The van der Waals surface area contributed by atoms with Crippen molar-refractivity contribution in [2.75, 3.05) is 12.3 Å². The maximum absolute atomic E-state index is 11.4. The van der Waals surface area contributed by atoms with Crippen LogP contribution in [-0.2, 0) is 16.0 Å². The second-order valence-electron chi connectivity index (χ2n) is 3.80. The van der Waals surface area contributed by atoms with Crippen LogP contribution in [0.1, 0.15) is 12.6 Å². The summed E-state index contributed by atoms with van der Waals surface area (Å²) >= 11 is 0. The molecule has 92 valence electrons. The Morgan fingerprint density at radius 1 is 1.53 bits per heavy atom. The lowest BCUT2D eigenvalue weighted by Gasteiger charge is -2.08. The Kier molecular flexibility index (Phi) is 4.45. The van der Waals surface area contributed by atoms with E-state index in [-0.39, 0.29) is 18.9 Å². The van der Waals surface area contributed by atoms with E-state index in [1.54, 1.807) is 12.1 Å². The van der Waals surface area contributed by atoms with Crippen LogP contribution in [0.2, 0.25) is 0 Å². The Morgan fingerprint density at radius 2 is 2.24 bits per heavy atom. The summed E-state index contributed by atoms with van der Waals surface area (Å²) in [6, 6.07) is 3.32. The molecule has 6 nitrogen and oxygen atoms in total. The van der Waals surface area contributed by atoms with Crippen molar-refractivity contribution in [1.82, 2.24) is 10.3 Å². The highest BCUT2D eigenvalue weighted by atomic mass is 16.4. The van der Waals surface area contributed by atoms with Crippen LogP contribution in [0.4, 0.5) is 5.69 Å². The molecule has 4 N–H and O–H groups in total. The molecular weight excluding hydrogens is 222 g/mol. The molecule has 0 aliphatic rings. The van der Waals surface area contributed by atoms with Gasteiger partial charge in [0.25, 0.3) is 0 Å². The van der Waals surface area contributed by atoms with Crippen molar-refractivity contribution in [3.63, 3.8) is 0 Å². The number of anilines is 1. The van der Waals surface area contributed by atoms with E-state index in [4.69, 9.17) is 10.8 Å². The number of pyridine rings is 1. The fourth-order valence-corrected chi connectivity index (χ4v) is 1.12. The number of aromatic nitrogens is 1. The average Bonchev–Trinajstić information content (AvgIpc) is 2.29. The zero-order chi connectivity index (χ0) is 12.8. The second-order valence-corrected chi connectivity index (χ2v) is 3.80. The van der Waals surface area contributed by atoms with E-state index in [1.807, 2.05) is 0 Å². The third-order valence-electron chi connectivity index (χ3n) is 2.22. The minimum absolute atomic E-state index is 0.114. The Balaban J connectivity index is 2.39. The standard InChI is InChI=1S/C11H15N3O3/c1-7(11(16)17)5-14-10(15)4-9-3-2-8(12)6-13-9/h2-3,6-7H,4-5,12H2,1H3,(H,14,15)(H,16,17). The average molecular weight is 237 g/mol. The van der Waals surface area contributed by atoms with Crippen LogP contribution in [0.3, 0.4) is 0 Å². The molecule has 0 spiro atoms. The number of carbonyl (C=O) groups is 2. The second kappa shape index (κ2) is 5.83. The Hall–Kier alpha value is -2.11. The van der Waals surface area contributed by atoms with Gasteiger partial charge in [-0.05, 0) is 12.1 Å². The van der Waals surface area contributed by atoms with Crippen molar-refractivity contribution in [1.29, 1.82) is 0 Å². The van der Waals surface area contributed by atoms with Crippen LogP contribution in [0, 0.1) is 5.92 Å². The fraction of sp³-hybridized carbons (Fsp3) is 0.364. The number of carboxylic acids is 1. The summed E-state index contributed by atoms with van der Waals surface area (Å²) in [5.74, 6) is -1.79. The minimum Gasteiger partial charge on any atom is -0.481 e. The molecule has 1 amide bonds. The lowest BCUT2D eigenvalue weighted by Crippen LogP contribution is -2.32. The number of carboxylic acid groups (broad SMARTS) is 1. The molecule has 1 aromatic heterocycles. The van der Waals surface area contributed by atoms with Gasteiger partial charge in [0.05, 0.1) is 24.2 Å². The molecule has 0 bridgehead atoms. The van der Waals surface area contributed by atoms with Crippen LogP contribution in [-0.4, -0.2) is 28.5 Å². The topological polar surface area (TPSA) is 105 Å². The van der Waals surface area contributed by atoms with Crippen LogP contribution in [0.15, 0.2) is 18.3 Å². The molecule has 0 saturated carbocycles. The van der Waals surface area contributed by atoms with Gasteiger partial charge in [-0.1, -0.05) is 6.92 Å². The molecule has 0 aromatic carbocycles. The largest absolute Gasteiger partial charge is 0.481 e. The van der Waals surface area contributed by atoms with E-state index in [9.17, 15) is 9.59 Å². The van der Waals surface area contributed by atoms with Gasteiger partial charge in [0, 0.05) is 12.2 Å². The Morgan fingerprint density at radius 3 is 2.76 bits per heavy atom. The zero-order valence-electron chi connectivity index (χ0n) is 9.51. The van der Waals surface area contributed by atoms with E-state index in [0.29, 0.717) is 11.4 Å². The zero-order valence-corrected chi connectivity index (χ0v) is 9.51. The van der Waals surface area contributed by atoms with E-state index >= 15 is 0 Å². The van der Waals surface area contributed by atoms with Gasteiger partial charge in [-0.25, -0.2) is 0 Å². The highest BCUT2D eigenvalue weighted by Gasteiger charge is 2.12. The van der Waals surface area contributed by atoms with Crippen LogP contribution < -0.4 is 11.1 Å². The summed E-state index contributed by atoms with van der Waals surface area (Å²) in [5.41, 5.74) is 6.59. The number of rotatable bonds is 5. The van der Waals surface area contributed by atoms with Crippen molar-refractivity contribution in [2.24, 2.45) is 5.92 Å². The molecule has 0 aliphatic carbocycles. The molecule has 0 aliphatic heterocycles. The van der Waals surface area contributed by atoms with Gasteiger partial charge >= 0.3 is 5.97 Å². The van der Waals surface area contributed by atoms with Crippen LogP contribution in [0.5, 0.6) is 0 Å². The third-order valence-corrected chi connectivity index (χ3v) is 2.22. The summed E-state index contributed by atoms with van der Waals surface area (Å²) in [6.07, 6.45) is 1.59. The molecule has 1 aromatic rings. The van der Waals surface area contributed by atoms with Gasteiger partial charge in [-0.15, -0.1) is 0 Å². The normalized spacial score (nSPS) is 11.8. The van der Waals surface area contributed by atoms with Gasteiger partial charge in [0.15, 0.2) is 0 Å². The molecule has 0 radical (unpaired) electrons. The van der Waals surface area contributed by atoms with Crippen molar-refractivity contribution in [2.45, 2.75) is 13.3 Å². The first kappa shape index (κ1) is 13.0. The van der Waals surface area contributed by atoms with Crippen molar-refractivity contribution in [3.8, 4) is 0 Å². The fourth-order valence-electron chi connectivity index (χ4n) is 1.12. The SMILES string of the molecule is CC(CNC(=O)Cc1ccc(N)cn1)C(=O)O. The summed E-state index contributed by atoms with van der Waals surface area (Å²) < 4.78 is 0. The number of hydrogen-bond acceptors (Lipinski definition) is 4. The lowest BCUT2D eigenvalue weighted by atomic mass is 10.2. The number of hydrogen-bond donors (Lipinski definition) is 3. The number of aliphatic carboxylic acids is 1. The quantitative estimate of drug-likeness (QED) is 0.670. The Bertz CT molecular complexity index is 403. The van der Waals surface area contributed by atoms with Crippen molar-refractivity contribution < 1.29 is 14.7 Å². The first-order valence-electron chi connectivity index (χ1n) is 5.19. The first-order valence-corrected chi connectivity index (χ1v) is 5.19. The molecule has 1 rings (SSSR count). The number of nitrogens with zero attached hydrogens (tertiary/aromatic N) is 1. The maximum Gasteiger partial charge on any atom is 0.308 e. The predicted molar refractivity (Wildman–Crippen MR) is 62.2 cm³/mol. The lowest BCUT2D eigenvalue weighted by molar-refractivity contribution is -0.141. The van der Waals surface area contributed by atoms with Gasteiger partial charge in [-0.3, -0.25) is 14.6 Å². The van der Waals surface area contributed by atoms with Crippen molar-refractivity contribution in [3.05, 3.63) is 24.0 Å². The number of nitrogen functional groups attached to an aromatic ring is 1. The number of carbonyl (C=O) groups excluding carboxylic acids is 1. The summed E-state index contributed by atoms with van der Waals surface area (Å²) in [7, 11) is 0.